The fourth-order valence-electron chi connectivity index (χ4n) is 3.26. The van der Waals surface area contributed by atoms with Crippen molar-refractivity contribution in [2.45, 2.75) is 31.2 Å². The van der Waals surface area contributed by atoms with Crippen molar-refractivity contribution < 1.29 is 27.5 Å². The topological polar surface area (TPSA) is 126 Å². The van der Waals surface area contributed by atoms with Crippen LogP contribution in [0.2, 0.25) is 0 Å². The summed E-state index contributed by atoms with van der Waals surface area (Å²) in [5, 5.41) is 12.0. The molecule has 2 aromatic rings. The van der Waals surface area contributed by atoms with Gasteiger partial charge in [-0.3, -0.25) is 9.59 Å². The number of carboxylic acids is 1. The number of benzene rings is 1. The number of hydrogen-bond donors (Lipinski definition) is 3. The fourth-order valence-corrected chi connectivity index (χ4v) is 5.26. The first kappa shape index (κ1) is 24.0. The van der Waals surface area contributed by atoms with Gasteiger partial charge < -0.3 is 14.8 Å². The molecule has 0 saturated heterocycles. The van der Waals surface area contributed by atoms with Crippen molar-refractivity contribution in [2.75, 3.05) is 0 Å². The Morgan fingerprint density at radius 2 is 1.84 bits per heavy atom. The summed E-state index contributed by atoms with van der Waals surface area (Å²) in [6.45, 7) is 3.19. The molecule has 170 valence electrons. The van der Waals surface area contributed by atoms with E-state index in [1.54, 1.807) is 26.0 Å². The largest absolute Gasteiger partial charge is 0.480 e. The molecule has 0 spiro atoms. The van der Waals surface area contributed by atoms with Gasteiger partial charge in [0.1, 0.15) is 6.04 Å². The third-order valence-electron chi connectivity index (χ3n) is 5.08. The van der Waals surface area contributed by atoms with Crippen LogP contribution in [0.4, 0.5) is 0 Å². The average Bonchev–Trinajstić information content (AvgIpc) is 3.19. The number of furan rings is 1. The van der Waals surface area contributed by atoms with Gasteiger partial charge in [-0.05, 0) is 51.2 Å². The summed E-state index contributed by atoms with van der Waals surface area (Å²) in [5.41, 5.74) is 1.67. The summed E-state index contributed by atoms with van der Waals surface area (Å²) >= 11 is 3.11. The lowest BCUT2D eigenvalue weighted by atomic mass is 9.96. The van der Waals surface area contributed by atoms with Crippen LogP contribution in [0, 0.1) is 5.92 Å². The minimum Gasteiger partial charge on any atom is -0.480 e. The van der Waals surface area contributed by atoms with Crippen LogP contribution in [-0.4, -0.2) is 36.3 Å². The monoisotopic (exact) mass is 522 g/mol. The molecule has 32 heavy (non-hydrogen) atoms. The molecule has 0 saturated carbocycles. The van der Waals surface area contributed by atoms with E-state index in [1.807, 2.05) is 30.3 Å². The van der Waals surface area contributed by atoms with Crippen molar-refractivity contribution in [1.29, 1.82) is 0 Å². The highest BCUT2D eigenvalue weighted by atomic mass is 79.9. The number of amides is 1. The van der Waals surface area contributed by atoms with E-state index < -0.39 is 38.7 Å². The quantitative estimate of drug-likeness (QED) is 0.486. The van der Waals surface area contributed by atoms with Crippen molar-refractivity contribution in [3.63, 3.8) is 0 Å². The number of aliphatic carboxylic acids is 1. The van der Waals surface area contributed by atoms with E-state index in [-0.39, 0.29) is 12.2 Å². The maximum atomic E-state index is 13.4. The van der Waals surface area contributed by atoms with Gasteiger partial charge in [0, 0.05) is 6.42 Å². The highest BCUT2D eigenvalue weighted by Gasteiger charge is 2.46. The Balaban J connectivity index is 1.98. The number of hydrogen-bond acceptors (Lipinski definition) is 5. The van der Waals surface area contributed by atoms with E-state index in [4.69, 9.17) is 4.42 Å². The van der Waals surface area contributed by atoms with Crippen molar-refractivity contribution in [1.82, 2.24) is 10.0 Å². The van der Waals surface area contributed by atoms with Crippen LogP contribution in [-0.2, 0) is 14.8 Å². The van der Waals surface area contributed by atoms with Crippen LogP contribution in [0.15, 0.2) is 69.8 Å². The molecule has 0 bridgehead atoms. The molecule has 1 aliphatic rings. The molecule has 1 amide bonds. The van der Waals surface area contributed by atoms with Crippen LogP contribution < -0.4 is 10.0 Å². The van der Waals surface area contributed by atoms with Gasteiger partial charge in [0.2, 0.25) is 10.0 Å². The maximum Gasteiger partial charge on any atom is 0.321 e. The smallest absolute Gasteiger partial charge is 0.321 e. The highest BCUT2D eigenvalue weighted by Crippen LogP contribution is 2.31. The van der Waals surface area contributed by atoms with Gasteiger partial charge in [-0.15, -0.1) is 0 Å². The Labute approximate surface area is 194 Å². The van der Waals surface area contributed by atoms with E-state index in [0.717, 1.165) is 11.1 Å². The van der Waals surface area contributed by atoms with E-state index >= 15 is 0 Å². The summed E-state index contributed by atoms with van der Waals surface area (Å²) in [7, 11) is -4.38. The first-order chi connectivity index (χ1) is 15.0. The van der Waals surface area contributed by atoms with Crippen molar-refractivity contribution in [2.24, 2.45) is 5.92 Å². The highest BCUT2D eigenvalue weighted by molar-refractivity contribution is 9.10. The van der Waals surface area contributed by atoms with Crippen LogP contribution in [0.25, 0.3) is 5.57 Å². The summed E-state index contributed by atoms with van der Waals surface area (Å²) in [4.78, 5) is 22.5. The number of halogens is 1. The number of rotatable bonds is 8. The number of carbonyl (C=O) groups is 2. The summed E-state index contributed by atoms with van der Waals surface area (Å²) in [6.07, 6.45) is 4.55. The molecule has 1 aromatic heterocycles. The molecule has 3 N–H and O–H groups in total. The minimum atomic E-state index is -4.38. The van der Waals surface area contributed by atoms with Gasteiger partial charge in [0.05, 0.1) is 0 Å². The molecule has 8 nitrogen and oxygen atoms in total. The van der Waals surface area contributed by atoms with Gasteiger partial charge in [-0.2, -0.15) is 4.72 Å². The minimum absolute atomic E-state index is 0.0867. The van der Waals surface area contributed by atoms with E-state index in [0.29, 0.717) is 4.67 Å². The Kier molecular flexibility index (Phi) is 7.06. The first-order valence-electron chi connectivity index (χ1n) is 9.82. The molecule has 3 rings (SSSR count). The molecule has 1 heterocycles. The Bertz CT molecular complexity index is 1170. The van der Waals surface area contributed by atoms with Gasteiger partial charge in [-0.25, -0.2) is 8.42 Å². The molecule has 1 aliphatic carbocycles. The van der Waals surface area contributed by atoms with E-state index in [2.05, 4.69) is 26.0 Å². The molecular formula is C22H23BrN2O6S. The maximum absolute atomic E-state index is 13.4. The zero-order chi connectivity index (χ0) is 23.5. The standard InChI is InChI=1S/C22H23BrN2O6S/c1-14(2)19(21(27)28)25-32(29,30)22(24-20(26)17-8-9-18(23)31-17)12-10-16(11-13-22)15-6-4-3-5-7-15/h3-12,14,19,25H,13H2,1-2H3,(H,24,26)(H,27,28)/t19-,22?/m0/s1. The van der Waals surface area contributed by atoms with E-state index in [9.17, 15) is 23.1 Å². The lowest BCUT2D eigenvalue weighted by molar-refractivity contribution is -0.140. The number of allylic oxidation sites excluding steroid dienone is 2. The summed E-state index contributed by atoms with van der Waals surface area (Å²) < 4.78 is 34.7. The first-order valence-corrected chi connectivity index (χ1v) is 12.1. The van der Waals surface area contributed by atoms with Crippen LogP contribution in [0.1, 0.15) is 36.4 Å². The predicted molar refractivity (Wildman–Crippen MR) is 123 cm³/mol. The number of carbonyl (C=O) groups excluding carboxylic acids is 1. The van der Waals surface area contributed by atoms with E-state index in [1.165, 1.54) is 18.2 Å². The lowest BCUT2D eigenvalue weighted by Crippen LogP contribution is -2.60. The third-order valence-corrected chi connectivity index (χ3v) is 7.44. The Hall–Kier alpha value is -2.69. The number of carboxylic acid groups (broad SMARTS) is 1. The average molecular weight is 523 g/mol. The van der Waals surface area contributed by atoms with Crippen molar-refractivity contribution in [3.8, 4) is 0 Å². The summed E-state index contributed by atoms with van der Waals surface area (Å²) in [6, 6.07) is 10.9. The molecule has 1 aromatic carbocycles. The second-order valence-corrected chi connectivity index (χ2v) is 10.4. The van der Waals surface area contributed by atoms with Crippen molar-refractivity contribution in [3.05, 3.63) is 76.7 Å². The molecule has 2 atom stereocenters. The normalized spacial score (nSPS) is 19.4. The third kappa shape index (κ3) is 5.03. The van der Waals surface area contributed by atoms with Crippen LogP contribution >= 0.6 is 15.9 Å². The molecule has 0 fully saturated rings. The predicted octanol–water partition coefficient (Wildman–Crippen LogP) is 3.54. The molecular weight excluding hydrogens is 500 g/mol. The summed E-state index contributed by atoms with van der Waals surface area (Å²) in [5.74, 6) is -2.66. The van der Waals surface area contributed by atoms with Gasteiger partial charge in [-0.1, -0.05) is 56.3 Å². The van der Waals surface area contributed by atoms with Gasteiger partial charge in [0.15, 0.2) is 15.3 Å². The molecule has 0 aliphatic heterocycles. The second-order valence-electron chi connectivity index (χ2n) is 7.69. The van der Waals surface area contributed by atoms with Gasteiger partial charge in [0.25, 0.3) is 5.91 Å². The zero-order valence-corrected chi connectivity index (χ0v) is 19.8. The van der Waals surface area contributed by atoms with Crippen LogP contribution in [0.5, 0.6) is 0 Å². The second kappa shape index (κ2) is 9.43. The lowest BCUT2D eigenvalue weighted by Gasteiger charge is -2.34. The zero-order valence-electron chi connectivity index (χ0n) is 17.4. The Morgan fingerprint density at radius 3 is 2.34 bits per heavy atom. The molecule has 10 heteroatoms. The van der Waals surface area contributed by atoms with Crippen molar-refractivity contribution >= 4 is 43.4 Å². The fraction of sp³-hybridized carbons (Fsp3) is 0.273. The SMILES string of the molecule is CC(C)[C@H](NS(=O)(=O)C1(NC(=O)c2ccc(Br)o2)C=CC(c2ccccc2)=CC1)C(=O)O. The molecule has 1 unspecified atom stereocenters. The number of sulfonamides is 1. The van der Waals surface area contributed by atoms with Crippen LogP contribution in [0.3, 0.4) is 0 Å². The molecule has 0 radical (unpaired) electrons. The Morgan fingerprint density at radius 1 is 1.16 bits per heavy atom. The van der Waals surface area contributed by atoms with Gasteiger partial charge >= 0.3 is 5.97 Å². The number of nitrogens with one attached hydrogen (secondary N) is 2.